The highest BCUT2D eigenvalue weighted by atomic mass is 16.1. The standard InChI is InChI=1S/C26H27NO.2C2H6/c1-17(25-19(3)18(2)20(4)26(25)28)15-23(21-11-7-5-8-12-21)24(16-27)22-13-9-6-10-14-22;2*1-2/h5-14,18,20,23-24H,1,15H2,2-4H3;2*1-2H3. The summed E-state index contributed by atoms with van der Waals surface area (Å²) in [6, 6.07) is 22.5. The summed E-state index contributed by atoms with van der Waals surface area (Å²) in [5.74, 6) is 0.0844. The number of ketones is 1. The van der Waals surface area contributed by atoms with Crippen LogP contribution >= 0.6 is 0 Å². The number of allylic oxidation sites excluding steroid dienone is 3. The summed E-state index contributed by atoms with van der Waals surface area (Å²) in [5, 5.41) is 10.0. The molecule has 1 aliphatic rings. The minimum Gasteiger partial charge on any atom is -0.294 e. The monoisotopic (exact) mass is 429 g/mol. The van der Waals surface area contributed by atoms with Gasteiger partial charge in [-0.15, -0.1) is 0 Å². The Kier molecular flexibility index (Phi) is 11.4. The molecular formula is C30H39NO. The number of nitrogens with zero attached hydrogens (tertiary/aromatic N) is 1. The zero-order chi connectivity index (χ0) is 24.3. The molecule has 32 heavy (non-hydrogen) atoms. The Bertz CT molecular complexity index is 934. The van der Waals surface area contributed by atoms with E-state index in [1.165, 1.54) is 0 Å². The van der Waals surface area contributed by atoms with Crippen LogP contribution < -0.4 is 0 Å². The predicted molar refractivity (Wildman–Crippen MR) is 136 cm³/mol. The lowest BCUT2D eigenvalue weighted by molar-refractivity contribution is -0.118. The summed E-state index contributed by atoms with van der Waals surface area (Å²) in [7, 11) is 0. The Morgan fingerprint density at radius 2 is 1.38 bits per heavy atom. The number of carbonyl (C=O) groups is 1. The van der Waals surface area contributed by atoms with E-state index in [0.717, 1.165) is 27.8 Å². The normalized spacial score (nSPS) is 19.0. The first kappa shape index (κ1) is 27.1. The van der Waals surface area contributed by atoms with Crippen LogP contribution in [0.1, 0.15) is 77.8 Å². The Hall–Kier alpha value is -2.92. The van der Waals surface area contributed by atoms with Gasteiger partial charge in [0.15, 0.2) is 5.78 Å². The van der Waals surface area contributed by atoms with Gasteiger partial charge in [-0.1, -0.05) is 114 Å². The summed E-state index contributed by atoms with van der Waals surface area (Å²) >= 11 is 0. The molecule has 0 saturated heterocycles. The maximum atomic E-state index is 12.8. The molecule has 0 aliphatic heterocycles. The Labute approximate surface area is 195 Å². The van der Waals surface area contributed by atoms with Crippen molar-refractivity contribution in [2.24, 2.45) is 11.8 Å². The molecule has 2 nitrogen and oxygen atoms in total. The molecule has 4 unspecified atom stereocenters. The highest BCUT2D eigenvalue weighted by Crippen LogP contribution is 2.42. The number of hydrogen-bond acceptors (Lipinski definition) is 2. The Morgan fingerprint density at radius 1 is 0.906 bits per heavy atom. The van der Waals surface area contributed by atoms with Gasteiger partial charge in [-0.25, -0.2) is 0 Å². The van der Waals surface area contributed by atoms with E-state index in [0.29, 0.717) is 6.42 Å². The average Bonchev–Trinajstić information content (AvgIpc) is 3.05. The van der Waals surface area contributed by atoms with Crippen LogP contribution in [-0.2, 0) is 4.79 Å². The lowest BCUT2D eigenvalue weighted by Crippen LogP contribution is -2.15. The van der Waals surface area contributed by atoms with Crippen LogP contribution in [0.25, 0.3) is 0 Å². The molecule has 0 bridgehead atoms. The van der Waals surface area contributed by atoms with Gasteiger partial charge in [0, 0.05) is 17.4 Å². The van der Waals surface area contributed by atoms with Gasteiger partial charge in [-0.2, -0.15) is 5.26 Å². The second-order valence-corrected chi connectivity index (χ2v) is 7.84. The van der Waals surface area contributed by atoms with Crippen LogP contribution in [-0.4, -0.2) is 5.78 Å². The topological polar surface area (TPSA) is 40.9 Å². The van der Waals surface area contributed by atoms with E-state index in [2.05, 4.69) is 31.7 Å². The molecule has 2 heteroatoms. The van der Waals surface area contributed by atoms with E-state index in [9.17, 15) is 10.1 Å². The lowest BCUT2D eigenvalue weighted by Gasteiger charge is -2.24. The number of Topliss-reactive ketones (excluding diaryl/α,β-unsaturated/α-hetero) is 1. The molecule has 0 heterocycles. The van der Waals surface area contributed by atoms with Crippen molar-refractivity contribution >= 4 is 5.78 Å². The highest BCUT2D eigenvalue weighted by molar-refractivity contribution is 6.04. The smallest absolute Gasteiger partial charge is 0.166 e. The molecule has 0 fully saturated rings. The first-order valence-electron chi connectivity index (χ1n) is 11.9. The Morgan fingerprint density at radius 3 is 1.78 bits per heavy atom. The third-order valence-electron chi connectivity index (χ3n) is 6.24. The molecule has 0 N–H and O–H groups in total. The van der Waals surface area contributed by atoms with Crippen molar-refractivity contribution in [3.8, 4) is 6.07 Å². The quantitative estimate of drug-likeness (QED) is 0.464. The number of hydrogen-bond donors (Lipinski definition) is 0. The molecule has 0 aromatic heterocycles. The van der Waals surface area contributed by atoms with Gasteiger partial charge in [0.1, 0.15) is 0 Å². The first-order chi connectivity index (χ1) is 15.5. The fourth-order valence-corrected chi connectivity index (χ4v) is 4.26. The van der Waals surface area contributed by atoms with Gasteiger partial charge >= 0.3 is 0 Å². The van der Waals surface area contributed by atoms with Gasteiger partial charge in [-0.05, 0) is 36.0 Å². The summed E-state index contributed by atoms with van der Waals surface area (Å²) < 4.78 is 0. The molecular weight excluding hydrogens is 390 g/mol. The van der Waals surface area contributed by atoms with Gasteiger partial charge < -0.3 is 0 Å². The van der Waals surface area contributed by atoms with Crippen molar-refractivity contribution < 1.29 is 4.79 Å². The second kappa shape index (κ2) is 13.5. The average molecular weight is 430 g/mol. The maximum Gasteiger partial charge on any atom is 0.166 e. The molecule has 0 spiro atoms. The molecule has 0 amide bonds. The molecule has 0 radical (unpaired) electrons. The molecule has 2 aromatic rings. The van der Waals surface area contributed by atoms with Crippen molar-refractivity contribution in [2.45, 2.75) is 66.7 Å². The van der Waals surface area contributed by atoms with Gasteiger partial charge in [0.2, 0.25) is 0 Å². The van der Waals surface area contributed by atoms with Gasteiger partial charge in [0.05, 0.1) is 12.0 Å². The second-order valence-electron chi connectivity index (χ2n) is 7.84. The fraction of sp³-hybridized carbons (Fsp3) is 0.400. The van der Waals surface area contributed by atoms with Gasteiger partial charge in [-0.3, -0.25) is 4.79 Å². The van der Waals surface area contributed by atoms with E-state index < -0.39 is 0 Å². The predicted octanol–water partition coefficient (Wildman–Crippen LogP) is 8.25. The van der Waals surface area contributed by atoms with Crippen LogP contribution in [0.4, 0.5) is 0 Å². The van der Waals surface area contributed by atoms with Gasteiger partial charge in [0.25, 0.3) is 0 Å². The largest absolute Gasteiger partial charge is 0.294 e. The summed E-state index contributed by atoms with van der Waals surface area (Å²) in [5.41, 5.74) is 4.87. The SMILES string of the molecule is C=C(CC(c1ccccc1)C(C#N)c1ccccc1)C1=C(C)C(C)C(C)C1=O.CC.CC. The molecule has 4 atom stereocenters. The molecule has 0 saturated carbocycles. The van der Waals surface area contributed by atoms with E-state index in [1.807, 2.05) is 90.1 Å². The van der Waals surface area contributed by atoms with Crippen molar-refractivity contribution in [3.63, 3.8) is 0 Å². The third-order valence-corrected chi connectivity index (χ3v) is 6.24. The molecule has 2 aromatic carbocycles. The molecule has 3 rings (SSSR count). The van der Waals surface area contributed by atoms with Crippen LogP contribution in [0.5, 0.6) is 0 Å². The van der Waals surface area contributed by atoms with Crippen LogP contribution in [0.2, 0.25) is 0 Å². The van der Waals surface area contributed by atoms with Crippen LogP contribution in [0.3, 0.4) is 0 Å². The van der Waals surface area contributed by atoms with Crippen LogP contribution in [0, 0.1) is 23.2 Å². The van der Waals surface area contributed by atoms with Crippen molar-refractivity contribution in [1.82, 2.24) is 0 Å². The van der Waals surface area contributed by atoms with E-state index in [1.54, 1.807) is 0 Å². The molecule has 170 valence electrons. The highest BCUT2D eigenvalue weighted by Gasteiger charge is 2.36. The number of benzene rings is 2. The third kappa shape index (κ3) is 6.07. The minimum absolute atomic E-state index is 0.00260. The van der Waals surface area contributed by atoms with Crippen molar-refractivity contribution in [3.05, 3.63) is 95.1 Å². The minimum atomic E-state index is -0.299. The van der Waals surface area contributed by atoms with E-state index in [-0.39, 0.29) is 29.5 Å². The van der Waals surface area contributed by atoms with Crippen molar-refractivity contribution in [1.29, 1.82) is 5.26 Å². The summed E-state index contributed by atoms with van der Waals surface area (Å²) in [4.78, 5) is 12.8. The van der Waals surface area contributed by atoms with Crippen molar-refractivity contribution in [2.75, 3.05) is 0 Å². The Balaban J connectivity index is 0.00000121. The zero-order valence-corrected chi connectivity index (χ0v) is 20.9. The number of rotatable bonds is 6. The number of carbonyl (C=O) groups excluding carboxylic acids is 1. The fourth-order valence-electron chi connectivity index (χ4n) is 4.26. The van der Waals surface area contributed by atoms with E-state index >= 15 is 0 Å². The van der Waals surface area contributed by atoms with E-state index in [4.69, 9.17) is 0 Å². The number of nitriles is 1. The summed E-state index contributed by atoms with van der Waals surface area (Å²) in [6.45, 7) is 18.4. The lowest BCUT2D eigenvalue weighted by atomic mass is 9.77. The summed E-state index contributed by atoms with van der Waals surface area (Å²) in [6.07, 6.45) is 0.592. The maximum absolute atomic E-state index is 12.8. The molecule has 1 aliphatic carbocycles. The zero-order valence-electron chi connectivity index (χ0n) is 20.9. The van der Waals surface area contributed by atoms with Crippen LogP contribution in [0.15, 0.2) is 84.0 Å². The first-order valence-corrected chi connectivity index (χ1v) is 11.9.